The third-order valence-corrected chi connectivity index (χ3v) is 9.34. The Kier molecular flexibility index (Phi) is 8.29. The number of aryl methyl sites for hydroxylation is 1. The van der Waals surface area contributed by atoms with Crippen LogP contribution in [0.4, 0.5) is 5.13 Å². The maximum Gasteiger partial charge on any atom is 0.243 e. The molecule has 0 radical (unpaired) electrons. The maximum atomic E-state index is 13.7. The Morgan fingerprint density at radius 2 is 1.81 bits per heavy atom. The molecule has 1 aromatic heterocycles. The lowest BCUT2D eigenvalue weighted by Crippen LogP contribution is -2.46. The number of carbonyl (C=O) groups excluding carboxylic acids is 1. The van der Waals surface area contributed by atoms with Gasteiger partial charge in [-0.2, -0.15) is 4.31 Å². The molecule has 0 aliphatic carbocycles. The molecular weight excluding hydrogens is 496 g/mol. The zero-order chi connectivity index (χ0) is 25.9. The van der Waals surface area contributed by atoms with E-state index in [-0.39, 0.29) is 11.8 Å². The predicted molar refractivity (Wildman–Crippen MR) is 144 cm³/mol. The molecule has 1 saturated heterocycles. The summed E-state index contributed by atoms with van der Waals surface area (Å²) in [4.78, 5) is 22.6. The average Bonchev–Trinajstić information content (AvgIpc) is 3.27. The fraction of sp³-hybridized carbons (Fsp3) is 0.462. The summed E-state index contributed by atoms with van der Waals surface area (Å²) >= 11 is 1.48. The number of anilines is 1. The number of sulfonamides is 1. The number of hydrogen-bond donors (Lipinski definition) is 0. The van der Waals surface area contributed by atoms with Crippen molar-refractivity contribution in [3.63, 3.8) is 0 Å². The van der Waals surface area contributed by atoms with Gasteiger partial charge in [-0.1, -0.05) is 29.0 Å². The van der Waals surface area contributed by atoms with Crippen LogP contribution in [0.5, 0.6) is 5.75 Å². The van der Waals surface area contributed by atoms with E-state index in [4.69, 9.17) is 9.72 Å². The monoisotopic (exact) mass is 530 g/mol. The Morgan fingerprint density at radius 3 is 2.44 bits per heavy atom. The van der Waals surface area contributed by atoms with Gasteiger partial charge in [-0.05, 0) is 71.1 Å². The highest BCUT2D eigenvalue weighted by atomic mass is 32.2. The molecule has 0 atom stereocenters. The van der Waals surface area contributed by atoms with E-state index in [2.05, 4.69) is 0 Å². The molecule has 1 amide bonds. The van der Waals surface area contributed by atoms with Crippen molar-refractivity contribution < 1.29 is 17.9 Å². The number of likely N-dealkylation sites (N-methyl/N-ethyl adjacent to an activating group) is 1. The van der Waals surface area contributed by atoms with Gasteiger partial charge < -0.3 is 9.64 Å². The number of piperidine rings is 1. The Balaban J connectivity index is 1.50. The number of ether oxygens (including phenoxy) is 1. The third-order valence-electron chi connectivity index (χ3n) is 6.39. The van der Waals surface area contributed by atoms with E-state index in [0.29, 0.717) is 55.7 Å². The third kappa shape index (κ3) is 5.88. The zero-order valence-electron chi connectivity index (χ0n) is 21.3. The number of thiazole rings is 1. The van der Waals surface area contributed by atoms with Gasteiger partial charge >= 0.3 is 0 Å². The lowest BCUT2D eigenvalue weighted by molar-refractivity contribution is -0.123. The quantitative estimate of drug-likeness (QED) is 0.416. The molecule has 1 fully saturated rings. The summed E-state index contributed by atoms with van der Waals surface area (Å²) in [5, 5.41) is 0.667. The van der Waals surface area contributed by atoms with Crippen molar-refractivity contribution in [3.05, 3.63) is 48.0 Å². The van der Waals surface area contributed by atoms with Gasteiger partial charge in [0.15, 0.2) is 5.13 Å². The first-order valence-corrected chi connectivity index (χ1v) is 14.5. The Labute approximate surface area is 217 Å². The largest absolute Gasteiger partial charge is 0.494 e. The number of rotatable bonds is 9. The zero-order valence-corrected chi connectivity index (χ0v) is 22.9. The minimum atomic E-state index is -3.57. The Bertz CT molecular complexity index is 1300. The van der Waals surface area contributed by atoms with Crippen molar-refractivity contribution in [3.8, 4) is 5.75 Å². The van der Waals surface area contributed by atoms with E-state index in [1.54, 1.807) is 29.2 Å². The van der Waals surface area contributed by atoms with Crippen molar-refractivity contribution in [1.29, 1.82) is 0 Å². The fourth-order valence-corrected chi connectivity index (χ4v) is 6.78. The summed E-state index contributed by atoms with van der Waals surface area (Å²) in [6.45, 7) is 6.33. The lowest BCUT2D eigenvalue weighted by Gasteiger charge is -2.33. The van der Waals surface area contributed by atoms with Gasteiger partial charge in [0.1, 0.15) is 5.75 Å². The van der Waals surface area contributed by atoms with Crippen molar-refractivity contribution in [2.24, 2.45) is 5.92 Å². The van der Waals surface area contributed by atoms with E-state index in [0.717, 1.165) is 21.5 Å². The minimum Gasteiger partial charge on any atom is -0.494 e. The summed E-state index contributed by atoms with van der Waals surface area (Å²) in [5.41, 5.74) is 1.85. The van der Waals surface area contributed by atoms with Gasteiger partial charge in [-0.25, -0.2) is 13.4 Å². The first-order chi connectivity index (χ1) is 17.2. The molecule has 3 aromatic rings. The Morgan fingerprint density at radius 1 is 1.11 bits per heavy atom. The van der Waals surface area contributed by atoms with Crippen LogP contribution < -0.4 is 9.64 Å². The van der Waals surface area contributed by atoms with Crippen LogP contribution >= 0.6 is 11.3 Å². The van der Waals surface area contributed by atoms with Crippen LogP contribution in [0.25, 0.3) is 10.2 Å². The first kappa shape index (κ1) is 26.5. The molecule has 36 heavy (non-hydrogen) atoms. The van der Waals surface area contributed by atoms with E-state index in [1.165, 1.54) is 15.6 Å². The maximum absolute atomic E-state index is 13.7. The van der Waals surface area contributed by atoms with Gasteiger partial charge in [-0.3, -0.25) is 9.69 Å². The fourth-order valence-electron chi connectivity index (χ4n) is 4.29. The van der Waals surface area contributed by atoms with Gasteiger partial charge in [-0.15, -0.1) is 0 Å². The summed E-state index contributed by atoms with van der Waals surface area (Å²) < 4.78 is 34.3. The van der Waals surface area contributed by atoms with E-state index < -0.39 is 10.0 Å². The molecular formula is C26H34N4O4S2. The molecule has 1 aliphatic heterocycles. The normalized spacial score (nSPS) is 15.5. The summed E-state index contributed by atoms with van der Waals surface area (Å²) in [6, 6.07) is 12.7. The highest BCUT2D eigenvalue weighted by Gasteiger charge is 2.35. The highest BCUT2D eigenvalue weighted by molar-refractivity contribution is 7.89. The molecule has 0 bridgehead atoms. The van der Waals surface area contributed by atoms with Crippen molar-refractivity contribution >= 4 is 42.6 Å². The van der Waals surface area contributed by atoms with Crippen LogP contribution in [0.15, 0.2) is 47.4 Å². The van der Waals surface area contributed by atoms with Gasteiger partial charge in [0, 0.05) is 32.1 Å². The minimum absolute atomic E-state index is 0.00771. The molecule has 0 spiro atoms. The van der Waals surface area contributed by atoms with Crippen molar-refractivity contribution in [2.45, 2.75) is 31.6 Å². The molecule has 4 rings (SSSR count). The molecule has 2 heterocycles. The predicted octanol–water partition coefficient (Wildman–Crippen LogP) is 4.00. The van der Waals surface area contributed by atoms with Gasteiger partial charge in [0.2, 0.25) is 15.9 Å². The smallest absolute Gasteiger partial charge is 0.243 e. The van der Waals surface area contributed by atoms with E-state index in [9.17, 15) is 13.2 Å². The molecule has 0 unspecified atom stereocenters. The lowest BCUT2D eigenvalue weighted by atomic mass is 9.96. The number of amides is 1. The molecule has 10 heteroatoms. The van der Waals surface area contributed by atoms with E-state index >= 15 is 0 Å². The molecule has 1 aliphatic rings. The molecule has 0 saturated carbocycles. The summed E-state index contributed by atoms with van der Waals surface area (Å²) in [7, 11) is 0.384. The molecule has 194 valence electrons. The SMILES string of the molecule is CCOc1ccc2nc(N(CCN(C)C)C(=O)C3CCN(S(=O)(=O)c4ccc(C)cc4)CC3)sc2c1. The van der Waals surface area contributed by atoms with Crippen LogP contribution in [-0.2, 0) is 14.8 Å². The number of nitrogens with zero attached hydrogens (tertiary/aromatic N) is 4. The first-order valence-electron chi connectivity index (χ1n) is 12.3. The standard InChI is InChI=1S/C26H34N4O4S2/c1-5-34-21-8-11-23-24(18-21)35-26(27-23)30(17-16-28(3)4)25(31)20-12-14-29(15-13-20)36(32,33)22-9-6-19(2)7-10-22/h6-11,18,20H,5,12-17H2,1-4H3. The van der Waals surface area contributed by atoms with Gasteiger partial charge in [0.25, 0.3) is 0 Å². The molecule has 0 N–H and O–H groups in total. The highest BCUT2D eigenvalue weighted by Crippen LogP contribution is 2.33. The van der Waals surface area contributed by atoms with Crippen LogP contribution in [0.1, 0.15) is 25.3 Å². The Hall–Kier alpha value is -2.53. The second-order valence-electron chi connectivity index (χ2n) is 9.34. The molecule has 8 nitrogen and oxygen atoms in total. The van der Waals surface area contributed by atoms with Crippen LogP contribution in [0, 0.1) is 12.8 Å². The number of hydrogen-bond acceptors (Lipinski definition) is 7. The van der Waals surface area contributed by atoms with Crippen LogP contribution in [-0.4, -0.2) is 75.4 Å². The number of benzene rings is 2. The average molecular weight is 531 g/mol. The summed E-state index contributed by atoms with van der Waals surface area (Å²) in [6.07, 6.45) is 0.976. The number of fused-ring (bicyclic) bond motifs is 1. The molecule has 2 aromatic carbocycles. The number of carbonyl (C=O) groups is 1. The van der Waals surface area contributed by atoms with Crippen molar-refractivity contribution in [2.75, 3.05) is 51.8 Å². The van der Waals surface area contributed by atoms with Crippen LogP contribution in [0.2, 0.25) is 0 Å². The summed E-state index contributed by atoms with van der Waals surface area (Å²) in [5.74, 6) is 0.546. The van der Waals surface area contributed by atoms with Crippen molar-refractivity contribution in [1.82, 2.24) is 14.2 Å². The topological polar surface area (TPSA) is 83.1 Å². The van der Waals surface area contributed by atoms with Crippen LogP contribution in [0.3, 0.4) is 0 Å². The second-order valence-corrected chi connectivity index (χ2v) is 12.3. The van der Waals surface area contributed by atoms with Gasteiger partial charge in [0.05, 0.1) is 21.7 Å². The second kappa shape index (κ2) is 11.2. The number of aromatic nitrogens is 1. The van der Waals surface area contributed by atoms with E-state index in [1.807, 2.05) is 51.0 Å².